The predicted octanol–water partition coefficient (Wildman–Crippen LogP) is 1.96. The van der Waals surface area contributed by atoms with Crippen LogP contribution < -0.4 is 10.5 Å². The van der Waals surface area contributed by atoms with Gasteiger partial charge in [-0.05, 0) is 25.2 Å². The summed E-state index contributed by atoms with van der Waals surface area (Å²) in [6.07, 6.45) is 9.48. The molecule has 1 unspecified atom stereocenters. The molecule has 1 aliphatic carbocycles. The van der Waals surface area contributed by atoms with E-state index in [1.54, 1.807) is 7.11 Å². The Hall–Kier alpha value is -1.73. The summed E-state index contributed by atoms with van der Waals surface area (Å²) >= 11 is 1.45. The highest BCUT2D eigenvalue weighted by Gasteiger charge is 2.19. The molecule has 0 bridgehead atoms. The van der Waals surface area contributed by atoms with Crippen LogP contribution in [-0.2, 0) is 4.74 Å². The summed E-state index contributed by atoms with van der Waals surface area (Å²) in [5, 5.41) is 5.28. The lowest BCUT2D eigenvalue weighted by atomic mass is 9.94. The summed E-state index contributed by atoms with van der Waals surface area (Å²) in [5.74, 6) is 0.624. The maximum atomic E-state index is 11.8. The molecule has 0 aliphatic heterocycles. The Kier molecular flexibility index (Phi) is 4.84. The summed E-state index contributed by atoms with van der Waals surface area (Å²) in [6, 6.07) is 1.43. The molecular formula is C15H20N4O2S. The van der Waals surface area contributed by atoms with Gasteiger partial charge in [-0.2, -0.15) is 4.52 Å². The molecule has 0 radical (unpaired) electrons. The third-order valence-corrected chi connectivity index (χ3v) is 4.84. The fourth-order valence-corrected chi connectivity index (χ4v) is 3.57. The lowest BCUT2D eigenvalue weighted by Crippen LogP contribution is -2.33. The zero-order chi connectivity index (χ0) is 15.4. The third-order valence-electron chi connectivity index (χ3n) is 3.85. The molecule has 22 heavy (non-hydrogen) atoms. The van der Waals surface area contributed by atoms with Gasteiger partial charge in [0.15, 0.2) is 0 Å². The van der Waals surface area contributed by atoms with E-state index in [2.05, 4.69) is 27.1 Å². The summed E-state index contributed by atoms with van der Waals surface area (Å²) in [4.78, 5) is 18.9. The van der Waals surface area contributed by atoms with E-state index in [9.17, 15) is 4.79 Å². The topological polar surface area (TPSA) is 59.7 Å². The van der Waals surface area contributed by atoms with Gasteiger partial charge in [0, 0.05) is 32.5 Å². The zero-order valence-corrected chi connectivity index (χ0v) is 13.5. The smallest absolute Gasteiger partial charge is 0.275 e. The SMILES string of the molecule is COCCN(CC1CC=CCC1)c1nn2c(=O)ccnc2s1. The van der Waals surface area contributed by atoms with Gasteiger partial charge in [0.25, 0.3) is 5.56 Å². The quantitative estimate of drug-likeness (QED) is 0.762. The van der Waals surface area contributed by atoms with E-state index in [-0.39, 0.29) is 5.56 Å². The molecule has 3 rings (SSSR count). The van der Waals surface area contributed by atoms with E-state index >= 15 is 0 Å². The fraction of sp³-hybridized carbons (Fsp3) is 0.533. The Bertz CT molecular complexity index is 709. The molecule has 1 atom stereocenters. The molecule has 0 saturated heterocycles. The lowest BCUT2D eigenvalue weighted by Gasteiger charge is -2.27. The minimum absolute atomic E-state index is 0.139. The predicted molar refractivity (Wildman–Crippen MR) is 87.7 cm³/mol. The maximum absolute atomic E-state index is 11.8. The monoisotopic (exact) mass is 320 g/mol. The highest BCUT2D eigenvalue weighted by Crippen LogP contribution is 2.25. The molecule has 6 nitrogen and oxygen atoms in total. The highest BCUT2D eigenvalue weighted by atomic mass is 32.1. The van der Waals surface area contributed by atoms with E-state index < -0.39 is 0 Å². The second-order valence-electron chi connectivity index (χ2n) is 5.45. The van der Waals surface area contributed by atoms with Crippen molar-refractivity contribution >= 4 is 21.4 Å². The molecule has 0 fully saturated rings. The molecular weight excluding hydrogens is 300 g/mol. The number of methoxy groups -OCH3 is 1. The molecule has 2 aromatic rings. The zero-order valence-electron chi connectivity index (χ0n) is 12.6. The van der Waals surface area contributed by atoms with Gasteiger partial charge < -0.3 is 9.64 Å². The Labute approximate surface area is 133 Å². The van der Waals surface area contributed by atoms with Crippen LogP contribution in [0, 0.1) is 5.92 Å². The van der Waals surface area contributed by atoms with Crippen molar-refractivity contribution in [1.82, 2.24) is 14.6 Å². The number of nitrogens with zero attached hydrogens (tertiary/aromatic N) is 4. The van der Waals surface area contributed by atoms with Crippen LogP contribution in [0.15, 0.2) is 29.2 Å². The van der Waals surface area contributed by atoms with E-state index in [4.69, 9.17) is 4.74 Å². The molecule has 0 amide bonds. The standard InChI is InChI=1S/C15H20N4O2S/c1-21-10-9-18(11-12-5-3-2-4-6-12)15-17-19-13(20)7-8-16-14(19)22-15/h2-3,7-8,12H,4-6,9-11H2,1H3. The molecule has 0 spiro atoms. The number of hydrogen-bond acceptors (Lipinski definition) is 6. The summed E-state index contributed by atoms with van der Waals surface area (Å²) in [5.41, 5.74) is -0.139. The summed E-state index contributed by atoms with van der Waals surface area (Å²) in [6.45, 7) is 2.34. The van der Waals surface area contributed by atoms with Crippen molar-refractivity contribution in [3.05, 3.63) is 34.8 Å². The summed E-state index contributed by atoms with van der Waals surface area (Å²) < 4.78 is 6.59. The van der Waals surface area contributed by atoms with Crippen LogP contribution in [0.1, 0.15) is 19.3 Å². The second kappa shape index (κ2) is 7.02. The van der Waals surface area contributed by atoms with Crippen LogP contribution in [0.4, 0.5) is 5.13 Å². The van der Waals surface area contributed by atoms with Crippen molar-refractivity contribution in [1.29, 1.82) is 0 Å². The Balaban J connectivity index is 1.84. The van der Waals surface area contributed by atoms with Gasteiger partial charge in [0.2, 0.25) is 10.1 Å². The molecule has 0 aromatic carbocycles. The lowest BCUT2D eigenvalue weighted by molar-refractivity contribution is 0.204. The minimum Gasteiger partial charge on any atom is -0.383 e. The molecule has 2 heterocycles. The number of allylic oxidation sites excluding steroid dienone is 2. The van der Waals surface area contributed by atoms with Crippen molar-refractivity contribution in [2.45, 2.75) is 19.3 Å². The number of ether oxygens (including phenoxy) is 1. The van der Waals surface area contributed by atoms with Crippen LogP contribution >= 0.6 is 11.3 Å². The number of fused-ring (bicyclic) bond motifs is 1. The summed E-state index contributed by atoms with van der Waals surface area (Å²) in [7, 11) is 1.70. The average molecular weight is 320 g/mol. The van der Waals surface area contributed by atoms with Gasteiger partial charge in [-0.15, -0.1) is 5.10 Å². The van der Waals surface area contributed by atoms with Crippen LogP contribution in [0.2, 0.25) is 0 Å². The van der Waals surface area contributed by atoms with Crippen molar-refractivity contribution in [2.24, 2.45) is 5.92 Å². The molecule has 1 aliphatic rings. The molecule has 7 heteroatoms. The average Bonchev–Trinajstić information content (AvgIpc) is 2.98. The number of hydrogen-bond donors (Lipinski definition) is 0. The minimum atomic E-state index is -0.139. The van der Waals surface area contributed by atoms with Crippen molar-refractivity contribution in [3.63, 3.8) is 0 Å². The molecule has 0 N–H and O–H groups in total. The van der Waals surface area contributed by atoms with Gasteiger partial charge in [0.1, 0.15) is 0 Å². The Morgan fingerprint density at radius 2 is 2.41 bits per heavy atom. The van der Waals surface area contributed by atoms with E-state index in [1.165, 1.54) is 34.5 Å². The highest BCUT2D eigenvalue weighted by molar-refractivity contribution is 7.20. The van der Waals surface area contributed by atoms with Crippen LogP contribution in [0.25, 0.3) is 4.96 Å². The van der Waals surface area contributed by atoms with Gasteiger partial charge in [0.05, 0.1) is 6.61 Å². The first-order valence-corrected chi connectivity index (χ1v) is 8.33. The van der Waals surface area contributed by atoms with Crippen LogP contribution in [0.5, 0.6) is 0 Å². The first-order chi connectivity index (χ1) is 10.8. The normalized spacial score (nSPS) is 18.0. The fourth-order valence-electron chi connectivity index (χ4n) is 2.66. The Morgan fingerprint density at radius 1 is 1.50 bits per heavy atom. The number of rotatable bonds is 6. The maximum Gasteiger partial charge on any atom is 0.275 e. The number of aromatic nitrogens is 3. The van der Waals surface area contributed by atoms with Crippen molar-refractivity contribution in [2.75, 3.05) is 31.7 Å². The second-order valence-corrected chi connectivity index (χ2v) is 6.39. The van der Waals surface area contributed by atoms with Gasteiger partial charge in [-0.25, -0.2) is 4.98 Å². The van der Waals surface area contributed by atoms with Gasteiger partial charge in [-0.1, -0.05) is 23.5 Å². The first kappa shape index (κ1) is 15.2. The van der Waals surface area contributed by atoms with Crippen molar-refractivity contribution in [3.8, 4) is 0 Å². The largest absolute Gasteiger partial charge is 0.383 e. The van der Waals surface area contributed by atoms with Crippen molar-refractivity contribution < 1.29 is 4.74 Å². The molecule has 0 saturated carbocycles. The molecule has 118 valence electrons. The Morgan fingerprint density at radius 3 is 3.14 bits per heavy atom. The van der Waals surface area contributed by atoms with Gasteiger partial charge >= 0.3 is 0 Å². The first-order valence-electron chi connectivity index (χ1n) is 7.51. The van der Waals surface area contributed by atoms with Crippen LogP contribution in [0.3, 0.4) is 0 Å². The van der Waals surface area contributed by atoms with Gasteiger partial charge in [-0.3, -0.25) is 4.79 Å². The third kappa shape index (κ3) is 3.36. The van der Waals surface area contributed by atoms with E-state index in [1.807, 2.05) is 0 Å². The molecule has 2 aromatic heterocycles. The van der Waals surface area contributed by atoms with E-state index in [0.29, 0.717) is 17.5 Å². The van der Waals surface area contributed by atoms with E-state index in [0.717, 1.165) is 31.1 Å². The number of anilines is 1. The van der Waals surface area contributed by atoms with Crippen LogP contribution in [-0.4, -0.2) is 41.4 Å².